The molecule has 1 fully saturated rings. The van der Waals surface area contributed by atoms with E-state index in [1.807, 2.05) is 30.4 Å². The van der Waals surface area contributed by atoms with E-state index in [1.165, 1.54) is 36.3 Å². The van der Waals surface area contributed by atoms with Crippen LogP contribution >= 0.6 is 11.3 Å². The molecule has 2 unspecified atom stereocenters. The predicted molar refractivity (Wildman–Crippen MR) is 107 cm³/mol. The summed E-state index contributed by atoms with van der Waals surface area (Å²) in [5.41, 5.74) is 3.24. The number of aryl methyl sites for hydroxylation is 1. The van der Waals surface area contributed by atoms with Crippen molar-refractivity contribution in [2.45, 2.75) is 64.7 Å². The van der Waals surface area contributed by atoms with Gasteiger partial charge < -0.3 is 4.90 Å². The summed E-state index contributed by atoms with van der Waals surface area (Å²) in [6, 6.07) is -0.236. The SMILES string of the molecule is Cc1sc[n+](CC(=O)C2\C=C/C=C\C=C/N2C2CCCCCCN2)c1C. The molecule has 140 valence electrons. The second-order valence-electron chi connectivity index (χ2n) is 7.14. The molecule has 0 saturated carbocycles. The Kier molecular flexibility index (Phi) is 6.80. The number of thiazole rings is 1. The summed E-state index contributed by atoms with van der Waals surface area (Å²) in [5, 5.41) is 3.66. The van der Waals surface area contributed by atoms with Crippen LogP contribution in [0.15, 0.2) is 42.1 Å². The average molecular weight is 373 g/mol. The molecule has 2 aliphatic heterocycles. The summed E-state index contributed by atoms with van der Waals surface area (Å²) in [6.45, 7) is 5.64. The Balaban J connectivity index is 1.80. The first kappa shape index (κ1) is 19.1. The minimum Gasteiger partial charge on any atom is -0.348 e. The number of rotatable bonds is 4. The first-order chi connectivity index (χ1) is 12.7. The van der Waals surface area contributed by atoms with Crippen molar-refractivity contribution in [1.82, 2.24) is 10.2 Å². The number of allylic oxidation sites excluding steroid dienone is 4. The highest BCUT2D eigenvalue weighted by Gasteiger charge is 2.30. The molecule has 1 aromatic heterocycles. The molecule has 2 aliphatic rings. The molecule has 0 aromatic carbocycles. The predicted octanol–water partition coefficient (Wildman–Crippen LogP) is 3.41. The number of nitrogens with zero attached hydrogens (tertiary/aromatic N) is 2. The number of carbonyl (C=O) groups excluding carboxylic acids is 1. The number of Topliss-reactive ketones (excluding diaryl/α,β-unsaturated/α-hetero) is 1. The van der Waals surface area contributed by atoms with E-state index >= 15 is 0 Å². The van der Waals surface area contributed by atoms with E-state index < -0.39 is 0 Å². The van der Waals surface area contributed by atoms with Gasteiger partial charge in [0.15, 0.2) is 5.69 Å². The lowest BCUT2D eigenvalue weighted by Gasteiger charge is -2.36. The fourth-order valence-corrected chi connectivity index (χ4v) is 4.38. The first-order valence-corrected chi connectivity index (χ1v) is 10.5. The molecule has 2 atom stereocenters. The van der Waals surface area contributed by atoms with Gasteiger partial charge in [-0.25, -0.2) is 0 Å². The van der Waals surface area contributed by atoms with Gasteiger partial charge in [-0.2, -0.15) is 4.57 Å². The van der Waals surface area contributed by atoms with Crippen molar-refractivity contribution in [3.05, 3.63) is 52.7 Å². The number of aromatic nitrogens is 1. The Morgan fingerprint density at radius 1 is 1.19 bits per heavy atom. The monoisotopic (exact) mass is 372 g/mol. The van der Waals surface area contributed by atoms with Gasteiger partial charge >= 0.3 is 0 Å². The van der Waals surface area contributed by atoms with Gasteiger partial charge in [0.1, 0.15) is 6.04 Å². The summed E-state index contributed by atoms with van der Waals surface area (Å²) in [7, 11) is 0. The smallest absolute Gasteiger partial charge is 0.225 e. The maximum atomic E-state index is 13.2. The Morgan fingerprint density at radius 3 is 2.81 bits per heavy atom. The van der Waals surface area contributed by atoms with E-state index in [4.69, 9.17) is 0 Å². The van der Waals surface area contributed by atoms with Crippen molar-refractivity contribution in [1.29, 1.82) is 0 Å². The molecule has 1 N–H and O–H groups in total. The number of carbonyl (C=O) groups is 1. The highest BCUT2D eigenvalue weighted by atomic mass is 32.1. The molecule has 0 amide bonds. The molecule has 1 aromatic rings. The fraction of sp³-hybridized carbons (Fsp3) is 0.524. The van der Waals surface area contributed by atoms with Crippen LogP contribution in [0, 0.1) is 13.8 Å². The van der Waals surface area contributed by atoms with Gasteiger partial charge in [-0.3, -0.25) is 10.1 Å². The maximum absolute atomic E-state index is 13.2. The fourth-order valence-electron chi connectivity index (χ4n) is 3.58. The van der Waals surface area contributed by atoms with E-state index in [2.05, 4.69) is 40.3 Å². The molecule has 4 nitrogen and oxygen atoms in total. The third-order valence-corrected chi connectivity index (χ3v) is 6.31. The van der Waals surface area contributed by atoms with Gasteiger partial charge in [-0.15, -0.1) is 0 Å². The maximum Gasteiger partial charge on any atom is 0.225 e. The van der Waals surface area contributed by atoms with Crippen LogP contribution in [0.4, 0.5) is 0 Å². The van der Waals surface area contributed by atoms with Crippen LogP contribution < -0.4 is 9.88 Å². The van der Waals surface area contributed by atoms with Crippen molar-refractivity contribution < 1.29 is 9.36 Å². The number of nitrogens with one attached hydrogen (secondary N) is 1. The number of ketones is 1. The topological polar surface area (TPSA) is 36.2 Å². The van der Waals surface area contributed by atoms with Gasteiger partial charge in [0.25, 0.3) is 0 Å². The zero-order chi connectivity index (χ0) is 18.4. The quantitative estimate of drug-likeness (QED) is 0.823. The van der Waals surface area contributed by atoms with Crippen LogP contribution in [0.2, 0.25) is 0 Å². The van der Waals surface area contributed by atoms with Crippen LogP contribution in [-0.2, 0) is 11.3 Å². The first-order valence-electron chi connectivity index (χ1n) is 9.66. The second kappa shape index (κ2) is 9.28. The molecule has 3 rings (SSSR count). The normalized spacial score (nSPS) is 27.7. The number of hydrogen-bond acceptors (Lipinski definition) is 4. The van der Waals surface area contributed by atoms with E-state index in [0.717, 1.165) is 13.0 Å². The molecule has 0 bridgehead atoms. The van der Waals surface area contributed by atoms with Crippen molar-refractivity contribution >= 4 is 17.1 Å². The van der Waals surface area contributed by atoms with Crippen LogP contribution in [0.3, 0.4) is 0 Å². The summed E-state index contributed by atoms with van der Waals surface area (Å²) in [4.78, 5) is 16.7. The van der Waals surface area contributed by atoms with Crippen LogP contribution in [0.25, 0.3) is 0 Å². The molecule has 0 radical (unpaired) electrons. The Hall–Kier alpha value is -1.72. The van der Waals surface area contributed by atoms with Crippen molar-refractivity contribution in [3.63, 3.8) is 0 Å². The second-order valence-corrected chi connectivity index (χ2v) is 8.19. The molecule has 3 heterocycles. The van der Waals surface area contributed by atoms with Gasteiger partial charge in [0.2, 0.25) is 17.8 Å². The molecular formula is C21H30N3OS+. The molecular weight excluding hydrogens is 342 g/mol. The zero-order valence-electron chi connectivity index (χ0n) is 15.9. The summed E-state index contributed by atoms with van der Waals surface area (Å²) in [5.74, 6) is 0.232. The third-order valence-electron chi connectivity index (χ3n) is 5.30. The van der Waals surface area contributed by atoms with Gasteiger partial charge in [-0.05, 0) is 32.4 Å². The van der Waals surface area contributed by atoms with E-state index in [-0.39, 0.29) is 18.0 Å². The molecule has 1 saturated heterocycles. The highest BCUT2D eigenvalue weighted by Crippen LogP contribution is 2.18. The third kappa shape index (κ3) is 4.71. The van der Waals surface area contributed by atoms with Crippen LogP contribution in [0.5, 0.6) is 0 Å². The van der Waals surface area contributed by atoms with Gasteiger partial charge in [-0.1, -0.05) is 54.9 Å². The van der Waals surface area contributed by atoms with Gasteiger partial charge in [0.05, 0.1) is 11.0 Å². The standard InChI is InChI=1S/C21H30N3OS/c1-17-18(2)26-16-23(17)15-20(25)19-11-7-4-6-10-14-24(19)21-12-8-3-5-9-13-22-21/h4,6-7,10-11,14,16,19,21-22H,3,5,8-9,12-13,15H2,1-2H3/q+1/b6-4-,11-7-,14-10-. The minimum atomic E-state index is -0.236. The molecule has 5 heteroatoms. The largest absolute Gasteiger partial charge is 0.348 e. The Bertz CT molecular complexity index is 696. The van der Waals surface area contributed by atoms with Crippen molar-refractivity contribution in [2.24, 2.45) is 0 Å². The number of hydrogen-bond donors (Lipinski definition) is 1. The van der Waals surface area contributed by atoms with Crippen molar-refractivity contribution in [3.8, 4) is 0 Å². The lowest BCUT2D eigenvalue weighted by Crippen LogP contribution is -2.53. The molecule has 26 heavy (non-hydrogen) atoms. The van der Waals surface area contributed by atoms with Gasteiger partial charge in [0, 0.05) is 13.1 Å². The average Bonchev–Trinajstić information content (AvgIpc) is 2.87. The summed E-state index contributed by atoms with van der Waals surface area (Å²) >= 11 is 1.70. The minimum absolute atomic E-state index is 0.215. The van der Waals surface area contributed by atoms with E-state index in [9.17, 15) is 4.79 Å². The molecule has 0 aliphatic carbocycles. The Labute approximate surface area is 160 Å². The van der Waals surface area contributed by atoms with Crippen LogP contribution in [-0.4, -0.2) is 29.4 Å². The summed E-state index contributed by atoms with van der Waals surface area (Å²) < 4.78 is 2.08. The highest BCUT2D eigenvalue weighted by molar-refractivity contribution is 7.09. The van der Waals surface area contributed by atoms with E-state index in [0.29, 0.717) is 6.54 Å². The van der Waals surface area contributed by atoms with Crippen LogP contribution in [0.1, 0.15) is 42.7 Å². The lowest BCUT2D eigenvalue weighted by molar-refractivity contribution is -0.685. The summed E-state index contributed by atoms with van der Waals surface area (Å²) in [6.07, 6.45) is 18.5. The van der Waals surface area contributed by atoms with Crippen molar-refractivity contribution in [2.75, 3.05) is 6.54 Å². The Morgan fingerprint density at radius 2 is 2.00 bits per heavy atom. The zero-order valence-corrected chi connectivity index (χ0v) is 16.7. The lowest BCUT2D eigenvalue weighted by atomic mass is 10.0. The molecule has 0 spiro atoms. The van der Waals surface area contributed by atoms with E-state index in [1.54, 1.807) is 11.3 Å².